The Morgan fingerprint density at radius 2 is 2.35 bits per heavy atom. The Morgan fingerprint density at radius 3 is 2.82 bits per heavy atom. The average Bonchev–Trinajstić information content (AvgIpc) is 2.99. The molecule has 0 aromatic rings. The van der Waals surface area contributed by atoms with Gasteiger partial charge in [-0.1, -0.05) is 6.08 Å². The molecule has 0 N–H and O–H groups in total. The normalized spacial score (nSPS) is 16.3. The van der Waals surface area contributed by atoms with Gasteiger partial charge in [0.2, 0.25) is 0 Å². The first-order valence-electron chi connectivity index (χ1n) is 6.01. The van der Waals surface area contributed by atoms with Crippen molar-refractivity contribution in [1.29, 1.82) is 5.26 Å². The van der Waals surface area contributed by atoms with E-state index in [-0.39, 0.29) is 17.9 Å². The van der Waals surface area contributed by atoms with E-state index in [2.05, 4.69) is 12.6 Å². The van der Waals surface area contributed by atoms with Gasteiger partial charge >= 0.3 is 5.97 Å². The number of rotatable bonds is 8. The minimum atomic E-state index is -0.206. The van der Waals surface area contributed by atoms with E-state index >= 15 is 0 Å². The highest BCUT2D eigenvalue weighted by atomic mass is 16.5. The third kappa shape index (κ3) is 4.58. The molecule has 1 fully saturated rings. The van der Waals surface area contributed by atoms with Gasteiger partial charge in [0.1, 0.15) is 0 Å². The van der Waals surface area contributed by atoms with Crippen LogP contribution in [-0.2, 0) is 9.53 Å². The molecule has 1 rings (SSSR count). The second-order valence-corrected chi connectivity index (χ2v) is 4.60. The second-order valence-electron chi connectivity index (χ2n) is 4.60. The molecule has 0 spiro atoms. The molecule has 0 aromatic heterocycles. The van der Waals surface area contributed by atoms with Crippen molar-refractivity contribution in [2.75, 3.05) is 26.2 Å². The Balaban J connectivity index is 2.46. The maximum Gasteiger partial charge on any atom is 0.320 e. The summed E-state index contributed by atoms with van der Waals surface area (Å²) in [6.45, 7) is 7.62. The van der Waals surface area contributed by atoms with Gasteiger partial charge in [0.25, 0.3) is 0 Å². The molecule has 0 aliphatic heterocycles. The lowest BCUT2D eigenvalue weighted by Gasteiger charge is -2.24. The third-order valence-corrected chi connectivity index (χ3v) is 3.02. The molecule has 94 valence electrons. The molecule has 1 aliphatic rings. The fraction of sp³-hybridized carbons (Fsp3) is 0.692. The number of hydrogen-bond acceptors (Lipinski definition) is 4. The van der Waals surface area contributed by atoms with E-state index in [1.54, 1.807) is 13.0 Å². The van der Waals surface area contributed by atoms with Crippen LogP contribution in [0.15, 0.2) is 12.7 Å². The zero-order chi connectivity index (χ0) is 12.7. The summed E-state index contributed by atoms with van der Waals surface area (Å²) in [5.41, 5.74) is 0.115. The van der Waals surface area contributed by atoms with E-state index in [4.69, 9.17) is 10.00 Å². The summed E-state index contributed by atoms with van der Waals surface area (Å²) >= 11 is 0. The van der Waals surface area contributed by atoms with Crippen LogP contribution in [0.2, 0.25) is 0 Å². The maximum absolute atomic E-state index is 11.4. The minimum absolute atomic E-state index is 0.115. The van der Waals surface area contributed by atoms with E-state index in [0.29, 0.717) is 19.6 Å². The molecule has 4 heteroatoms. The van der Waals surface area contributed by atoms with Crippen molar-refractivity contribution in [3.05, 3.63) is 12.7 Å². The maximum atomic E-state index is 11.4. The van der Waals surface area contributed by atoms with Crippen molar-refractivity contribution in [1.82, 2.24) is 4.90 Å². The number of esters is 1. The second kappa shape index (κ2) is 6.41. The lowest BCUT2D eigenvalue weighted by Crippen LogP contribution is -2.36. The summed E-state index contributed by atoms with van der Waals surface area (Å²) in [6, 6.07) is 2.23. The standard InChI is InChI=1S/C13H20N2O2/c1-3-9-15(10-12(16)17-4-2)11-13(5-6-13)7-8-14/h3H,1,4-7,9-11H2,2H3. The Kier molecular flexibility index (Phi) is 5.17. The molecular formula is C13H20N2O2. The van der Waals surface area contributed by atoms with Gasteiger partial charge in [-0.15, -0.1) is 6.58 Å². The van der Waals surface area contributed by atoms with Gasteiger partial charge in [0, 0.05) is 19.5 Å². The minimum Gasteiger partial charge on any atom is -0.465 e. The van der Waals surface area contributed by atoms with E-state index in [0.717, 1.165) is 19.4 Å². The van der Waals surface area contributed by atoms with Gasteiger partial charge in [-0.3, -0.25) is 9.69 Å². The van der Waals surface area contributed by atoms with Crippen molar-refractivity contribution in [2.45, 2.75) is 26.2 Å². The molecular weight excluding hydrogens is 216 g/mol. The molecule has 0 atom stereocenters. The van der Waals surface area contributed by atoms with Crippen molar-refractivity contribution >= 4 is 5.97 Å². The van der Waals surface area contributed by atoms with Crippen LogP contribution in [0.4, 0.5) is 0 Å². The van der Waals surface area contributed by atoms with Crippen LogP contribution in [-0.4, -0.2) is 37.1 Å². The summed E-state index contributed by atoms with van der Waals surface area (Å²) in [7, 11) is 0. The van der Waals surface area contributed by atoms with E-state index < -0.39 is 0 Å². The number of hydrogen-bond donors (Lipinski definition) is 0. The summed E-state index contributed by atoms with van der Waals surface area (Å²) in [4.78, 5) is 13.4. The van der Waals surface area contributed by atoms with Crippen LogP contribution in [0.25, 0.3) is 0 Å². The number of ether oxygens (including phenoxy) is 1. The predicted octanol–water partition coefficient (Wildman–Crippen LogP) is 1.73. The van der Waals surface area contributed by atoms with Crippen LogP contribution in [0, 0.1) is 16.7 Å². The SMILES string of the molecule is C=CCN(CC(=O)OCC)CC1(CC#N)CC1. The highest BCUT2D eigenvalue weighted by molar-refractivity contribution is 5.71. The quantitative estimate of drug-likeness (QED) is 0.476. The fourth-order valence-corrected chi connectivity index (χ4v) is 1.97. The molecule has 4 nitrogen and oxygen atoms in total. The molecule has 0 amide bonds. The molecule has 0 radical (unpaired) electrons. The lowest BCUT2D eigenvalue weighted by atomic mass is 10.0. The first kappa shape index (κ1) is 13.7. The van der Waals surface area contributed by atoms with E-state index in [1.807, 2.05) is 4.90 Å². The molecule has 0 heterocycles. The Hall–Kier alpha value is -1.34. The zero-order valence-electron chi connectivity index (χ0n) is 10.4. The van der Waals surface area contributed by atoms with Gasteiger partial charge in [0.05, 0.1) is 19.2 Å². The molecule has 0 bridgehead atoms. The summed E-state index contributed by atoms with van der Waals surface area (Å²) < 4.78 is 4.93. The van der Waals surface area contributed by atoms with Gasteiger partial charge in [-0.2, -0.15) is 5.26 Å². The average molecular weight is 236 g/mol. The smallest absolute Gasteiger partial charge is 0.320 e. The first-order chi connectivity index (χ1) is 8.15. The van der Waals surface area contributed by atoms with Crippen molar-refractivity contribution < 1.29 is 9.53 Å². The Labute approximate surface area is 103 Å². The largest absolute Gasteiger partial charge is 0.465 e. The topological polar surface area (TPSA) is 53.3 Å². The molecule has 0 unspecified atom stereocenters. The third-order valence-electron chi connectivity index (χ3n) is 3.02. The first-order valence-corrected chi connectivity index (χ1v) is 6.01. The highest BCUT2D eigenvalue weighted by Crippen LogP contribution is 2.49. The number of nitriles is 1. The summed E-state index contributed by atoms with van der Waals surface area (Å²) in [5.74, 6) is -0.206. The fourth-order valence-electron chi connectivity index (χ4n) is 1.97. The number of nitrogens with zero attached hydrogens (tertiary/aromatic N) is 2. The van der Waals surface area contributed by atoms with Crippen molar-refractivity contribution in [3.8, 4) is 6.07 Å². The van der Waals surface area contributed by atoms with Crippen molar-refractivity contribution in [3.63, 3.8) is 0 Å². The lowest BCUT2D eigenvalue weighted by molar-refractivity contribution is -0.144. The zero-order valence-corrected chi connectivity index (χ0v) is 10.4. The number of carbonyl (C=O) groups excluding carboxylic acids is 1. The predicted molar refractivity (Wildman–Crippen MR) is 65.2 cm³/mol. The Morgan fingerprint density at radius 1 is 1.65 bits per heavy atom. The molecule has 1 aliphatic carbocycles. The van der Waals surface area contributed by atoms with Gasteiger partial charge in [-0.25, -0.2) is 0 Å². The van der Waals surface area contributed by atoms with Crippen molar-refractivity contribution in [2.24, 2.45) is 5.41 Å². The molecule has 1 saturated carbocycles. The summed E-state index contributed by atoms with van der Waals surface area (Å²) in [6.07, 6.45) is 4.51. The summed E-state index contributed by atoms with van der Waals surface area (Å²) in [5, 5.41) is 8.77. The van der Waals surface area contributed by atoms with Gasteiger partial charge in [0.15, 0.2) is 0 Å². The molecule has 0 saturated heterocycles. The van der Waals surface area contributed by atoms with Gasteiger partial charge < -0.3 is 4.74 Å². The van der Waals surface area contributed by atoms with Crippen LogP contribution >= 0.6 is 0 Å². The van der Waals surface area contributed by atoms with Crippen LogP contribution < -0.4 is 0 Å². The van der Waals surface area contributed by atoms with Crippen LogP contribution in [0.1, 0.15) is 26.2 Å². The molecule has 0 aromatic carbocycles. The van der Waals surface area contributed by atoms with E-state index in [1.165, 1.54) is 0 Å². The molecule has 17 heavy (non-hydrogen) atoms. The Bertz CT molecular complexity index is 316. The van der Waals surface area contributed by atoms with Crippen LogP contribution in [0.5, 0.6) is 0 Å². The van der Waals surface area contributed by atoms with Gasteiger partial charge in [-0.05, 0) is 25.2 Å². The number of carbonyl (C=O) groups is 1. The van der Waals surface area contributed by atoms with Crippen LogP contribution in [0.3, 0.4) is 0 Å². The monoisotopic (exact) mass is 236 g/mol. The van der Waals surface area contributed by atoms with E-state index in [9.17, 15) is 4.79 Å². The highest BCUT2D eigenvalue weighted by Gasteiger charge is 2.43.